The Morgan fingerprint density at radius 1 is 1.24 bits per heavy atom. The Kier molecular flexibility index (Phi) is 5.38. The van der Waals surface area contributed by atoms with Gasteiger partial charge in [0, 0.05) is 19.2 Å². The smallest absolute Gasteiger partial charge is 0.183 e. The molecule has 140 valence electrons. The van der Waals surface area contributed by atoms with Crippen LogP contribution < -0.4 is 10.1 Å². The van der Waals surface area contributed by atoms with Crippen LogP contribution in [0.15, 0.2) is 29.2 Å². The van der Waals surface area contributed by atoms with Crippen LogP contribution in [0, 0.1) is 0 Å². The molecule has 7 nitrogen and oxygen atoms in total. The van der Waals surface area contributed by atoms with Crippen LogP contribution in [0.2, 0.25) is 0 Å². The zero-order chi connectivity index (χ0) is 18.1. The number of rotatable bonds is 6. The van der Waals surface area contributed by atoms with Gasteiger partial charge < -0.3 is 14.8 Å². The number of sulfone groups is 2. The van der Waals surface area contributed by atoms with E-state index < -0.39 is 31.0 Å². The average Bonchev–Trinajstić information content (AvgIpc) is 3.20. The second kappa shape index (κ2) is 7.22. The highest BCUT2D eigenvalue weighted by Crippen LogP contribution is 2.27. The fraction of sp³-hybridized carbons (Fsp3) is 0.625. The van der Waals surface area contributed by atoms with Gasteiger partial charge in [-0.3, -0.25) is 0 Å². The van der Waals surface area contributed by atoms with Gasteiger partial charge in [0.25, 0.3) is 0 Å². The first-order valence-corrected chi connectivity index (χ1v) is 11.6. The number of methoxy groups -OCH3 is 1. The summed E-state index contributed by atoms with van der Waals surface area (Å²) in [7, 11) is -5.67. The van der Waals surface area contributed by atoms with Gasteiger partial charge >= 0.3 is 0 Å². The molecule has 1 unspecified atom stereocenters. The summed E-state index contributed by atoms with van der Waals surface area (Å²) in [6, 6.07) is 5.41. The Morgan fingerprint density at radius 3 is 2.56 bits per heavy atom. The third kappa shape index (κ3) is 4.16. The zero-order valence-electron chi connectivity index (χ0n) is 14.1. The maximum atomic E-state index is 13.0. The molecule has 0 aliphatic carbocycles. The van der Waals surface area contributed by atoms with Crippen molar-refractivity contribution in [3.05, 3.63) is 24.3 Å². The second-order valence-corrected chi connectivity index (χ2v) is 10.8. The summed E-state index contributed by atoms with van der Waals surface area (Å²) in [5, 5.41) is 2.13. The van der Waals surface area contributed by atoms with Gasteiger partial charge in [-0.05, 0) is 37.1 Å². The van der Waals surface area contributed by atoms with Crippen LogP contribution in [-0.4, -0.2) is 66.0 Å². The molecule has 2 saturated heterocycles. The van der Waals surface area contributed by atoms with E-state index in [1.54, 1.807) is 12.1 Å². The Morgan fingerprint density at radius 2 is 1.96 bits per heavy atom. The van der Waals surface area contributed by atoms with E-state index in [1.807, 2.05) is 0 Å². The highest BCUT2D eigenvalue weighted by molar-refractivity contribution is 7.96. The van der Waals surface area contributed by atoms with Crippen molar-refractivity contribution < 1.29 is 26.3 Å². The summed E-state index contributed by atoms with van der Waals surface area (Å²) in [5.41, 5.74) is 0. The quantitative estimate of drug-likeness (QED) is 0.752. The summed E-state index contributed by atoms with van der Waals surface area (Å²) in [4.78, 5) is 0.110. The number of nitrogens with one attached hydrogen (secondary N) is 1. The van der Waals surface area contributed by atoms with Crippen molar-refractivity contribution in [2.75, 3.05) is 31.8 Å². The van der Waals surface area contributed by atoms with E-state index in [4.69, 9.17) is 9.47 Å². The van der Waals surface area contributed by atoms with Crippen LogP contribution in [0.25, 0.3) is 0 Å². The van der Waals surface area contributed by atoms with Crippen molar-refractivity contribution in [3.8, 4) is 5.75 Å². The molecule has 0 radical (unpaired) electrons. The van der Waals surface area contributed by atoms with Crippen LogP contribution in [0.4, 0.5) is 0 Å². The summed E-state index contributed by atoms with van der Waals surface area (Å²) in [5.74, 6) is 0.0238. The third-order valence-electron chi connectivity index (χ3n) is 4.72. The van der Waals surface area contributed by atoms with Gasteiger partial charge in [0.15, 0.2) is 19.7 Å². The molecule has 0 saturated carbocycles. The van der Waals surface area contributed by atoms with Gasteiger partial charge in [-0.2, -0.15) is 0 Å². The minimum Gasteiger partial charge on any atom is -0.497 e. The molecule has 0 spiro atoms. The summed E-state index contributed by atoms with van der Waals surface area (Å²) in [6.45, 7) is 1.16. The van der Waals surface area contributed by atoms with Crippen LogP contribution in [0.1, 0.15) is 12.8 Å². The van der Waals surface area contributed by atoms with Crippen LogP contribution >= 0.6 is 0 Å². The van der Waals surface area contributed by atoms with Crippen molar-refractivity contribution in [2.45, 2.75) is 35.1 Å². The first-order chi connectivity index (χ1) is 11.8. The van der Waals surface area contributed by atoms with Crippen LogP contribution in [0.3, 0.4) is 0 Å². The SMILES string of the molecule is COc1ccc(S(=O)(=O)[C@@H]2CS(=O)(=O)C[C@H]2NCC2CCCO2)cc1. The lowest BCUT2D eigenvalue weighted by atomic mass is 10.2. The Labute approximate surface area is 148 Å². The number of ether oxygens (including phenoxy) is 2. The standard InChI is InChI=1S/C16H23NO6S2/c1-22-12-4-6-14(7-5-12)25(20,21)16-11-24(18,19)10-15(16)17-9-13-3-2-8-23-13/h4-7,13,15-17H,2-3,8-11H2,1H3/t13?,15-,16-/m1/s1. The largest absolute Gasteiger partial charge is 0.497 e. The van der Waals surface area contributed by atoms with Crippen molar-refractivity contribution in [1.29, 1.82) is 0 Å². The molecule has 2 aliphatic heterocycles. The monoisotopic (exact) mass is 389 g/mol. The van der Waals surface area contributed by atoms with Gasteiger partial charge in [0.2, 0.25) is 0 Å². The van der Waals surface area contributed by atoms with E-state index in [1.165, 1.54) is 19.2 Å². The number of benzene rings is 1. The number of hydrogen-bond acceptors (Lipinski definition) is 7. The number of hydrogen-bond donors (Lipinski definition) is 1. The minimum absolute atomic E-state index is 0.0210. The lowest BCUT2D eigenvalue weighted by molar-refractivity contribution is 0.108. The van der Waals surface area contributed by atoms with Crippen molar-refractivity contribution in [1.82, 2.24) is 5.32 Å². The second-order valence-electron chi connectivity index (χ2n) is 6.49. The molecule has 3 atom stereocenters. The third-order valence-corrected chi connectivity index (χ3v) is 8.89. The molecule has 3 rings (SSSR count). The van der Waals surface area contributed by atoms with E-state index in [9.17, 15) is 16.8 Å². The summed E-state index contributed by atoms with van der Waals surface area (Å²) < 4.78 is 60.6. The fourth-order valence-corrected chi connectivity index (χ4v) is 8.06. The topological polar surface area (TPSA) is 98.8 Å². The van der Waals surface area contributed by atoms with Gasteiger partial charge in [-0.15, -0.1) is 0 Å². The Hall–Kier alpha value is -1.16. The fourth-order valence-electron chi connectivity index (χ4n) is 3.34. The molecule has 2 fully saturated rings. The predicted octanol–water partition coefficient (Wildman–Crippen LogP) is 0.403. The van der Waals surface area contributed by atoms with Gasteiger partial charge in [0.05, 0.1) is 34.9 Å². The first-order valence-electron chi connectivity index (χ1n) is 8.25. The molecule has 1 aromatic carbocycles. The lowest BCUT2D eigenvalue weighted by Gasteiger charge is -2.21. The van der Waals surface area contributed by atoms with Gasteiger partial charge in [-0.25, -0.2) is 16.8 Å². The van der Waals surface area contributed by atoms with Gasteiger partial charge in [0.1, 0.15) is 5.75 Å². The van der Waals surface area contributed by atoms with Crippen LogP contribution in [0.5, 0.6) is 5.75 Å². The molecule has 2 heterocycles. The van der Waals surface area contributed by atoms with E-state index in [0.717, 1.165) is 12.8 Å². The molecule has 1 N–H and O–H groups in total. The predicted molar refractivity (Wildman–Crippen MR) is 93.4 cm³/mol. The summed E-state index contributed by atoms with van der Waals surface area (Å²) in [6.07, 6.45) is 1.90. The van der Waals surface area contributed by atoms with E-state index in [0.29, 0.717) is 18.9 Å². The minimum atomic E-state index is -3.77. The summed E-state index contributed by atoms with van der Waals surface area (Å²) >= 11 is 0. The highest BCUT2D eigenvalue weighted by atomic mass is 32.2. The maximum Gasteiger partial charge on any atom is 0.183 e. The van der Waals surface area contributed by atoms with Crippen molar-refractivity contribution in [2.24, 2.45) is 0 Å². The average molecular weight is 389 g/mol. The van der Waals surface area contributed by atoms with E-state index >= 15 is 0 Å². The van der Waals surface area contributed by atoms with Crippen LogP contribution in [-0.2, 0) is 24.4 Å². The molecular weight excluding hydrogens is 366 g/mol. The molecule has 9 heteroatoms. The van der Waals surface area contributed by atoms with E-state index in [-0.39, 0.29) is 22.5 Å². The van der Waals surface area contributed by atoms with Gasteiger partial charge in [-0.1, -0.05) is 0 Å². The molecule has 1 aromatic rings. The molecule has 25 heavy (non-hydrogen) atoms. The lowest BCUT2D eigenvalue weighted by Crippen LogP contribution is -2.45. The molecule has 2 aliphatic rings. The first kappa shape index (κ1) is 18.6. The Bertz CT molecular complexity index is 798. The molecule has 0 amide bonds. The van der Waals surface area contributed by atoms with Crippen molar-refractivity contribution in [3.63, 3.8) is 0 Å². The van der Waals surface area contributed by atoms with E-state index in [2.05, 4.69) is 5.32 Å². The normalized spacial score (nSPS) is 28.9. The molecular formula is C16H23NO6S2. The molecule has 0 bridgehead atoms. The maximum absolute atomic E-state index is 13.0. The Balaban J connectivity index is 1.80. The highest BCUT2D eigenvalue weighted by Gasteiger charge is 2.45. The zero-order valence-corrected chi connectivity index (χ0v) is 15.7. The molecule has 0 aromatic heterocycles. The van der Waals surface area contributed by atoms with Crippen molar-refractivity contribution >= 4 is 19.7 Å².